The molecule has 1 saturated heterocycles. The number of hydrogen-bond acceptors (Lipinski definition) is 3. The Kier molecular flexibility index (Phi) is 4.71. The molecule has 0 amide bonds. The fourth-order valence-electron chi connectivity index (χ4n) is 3.50. The Morgan fingerprint density at radius 2 is 1.73 bits per heavy atom. The van der Waals surface area contributed by atoms with Gasteiger partial charge >= 0.3 is 0 Å². The Bertz CT molecular complexity index is 864. The van der Waals surface area contributed by atoms with E-state index in [0.717, 1.165) is 44.0 Å². The van der Waals surface area contributed by atoms with Gasteiger partial charge < -0.3 is 4.90 Å². The third kappa shape index (κ3) is 3.48. The molecule has 2 heterocycles. The van der Waals surface area contributed by atoms with Crippen LogP contribution in [0.4, 0.5) is 10.1 Å². The van der Waals surface area contributed by atoms with E-state index < -0.39 is 0 Å². The fraction of sp³-hybridized carbons (Fsp3) is 0.286. The zero-order valence-corrected chi connectivity index (χ0v) is 15.0. The molecule has 134 valence electrons. The largest absolute Gasteiger partial charge is 0.367 e. The van der Waals surface area contributed by atoms with E-state index in [1.807, 2.05) is 18.3 Å². The van der Waals surface area contributed by atoms with Gasteiger partial charge in [0.05, 0.1) is 17.6 Å². The van der Waals surface area contributed by atoms with Crippen LogP contribution in [-0.2, 0) is 6.54 Å². The number of anilines is 1. The van der Waals surface area contributed by atoms with Crippen LogP contribution in [-0.4, -0.2) is 41.3 Å². The van der Waals surface area contributed by atoms with Crippen LogP contribution in [0.5, 0.6) is 0 Å². The SMILES string of the molecule is Cc1ccc(-c2[nH]ncc2CN2CCN(c3ccccc3F)CC2)cc1. The second kappa shape index (κ2) is 7.30. The van der Waals surface area contributed by atoms with Gasteiger partial charge in [-0.25, -0.2) is 4.39 Å². The van der Waals surface area contributed by atoms with Gasteiger partial charge in [0.2, 0.25) is 0 Å². The molecule has 0 radical (unpaired) electrons. The first kappa shape index (κ1) is 16.8. The lowest BCUT2D eigenvalue weighted by Crippen LogP contribution is -2.46. The van der Waals surface area contributed by atoms with Crippen LogP contribution in [0.25, 0.3) is 11.3 Å². The quantitative estimate of drug-likeness (QED) is 0.776. The first-order valence-corrected chi connectivity index (χ1v) is 9.02. The first-order valence-electron chi connectivity index (χ1n) is 9.02. The summed E-state index contributed by atoms with van der Waals surface area (Å²) in [7, 11) is 0. The maximum Gasteiger partial charge on any atom is 0.146 e. The summed E-state index contributed by atoms with van der Waals surface area (Å²) in [6.07, 6.45) is 1.92. The van der Waals surface area contributed by atoms with Crippen molar-refractivity contribution in [3.8, 4) is 11.3 Å². The number of aryl methyl sites for hydroxylation is 1. The van der Waals surface area contributed by atoms with E-state index in [2.05, 4.69) is 51.2 Å². The van der Waals surface area contributed by atoms with Gasteiger partial charge in [-0.1, -0.05) is 42.0 Å². The number of nitrogens with one attached hydrogen (secondary N) is 1. The number of para-hydroxylation sites is 1. The molecule has 3 aromatic rings. The molecule has 0 atom stereocenters. The maximum atomic E-state index is 14.0. The number of aromatic nitrogens is 2. The minimum absolute atomic E-state index is 0.141. The molecule has 0 aliphatic carbocycles. The summed E-state index contributed by atoms with van der Waals surface area (Å²) in [4.78, 5) is 4.53. The summed E-state index contributed by atoms with van der Waals surface area (Å²) in [6, 6.07) is 15.5. The van der Waals surface area contributed by atoms with Crippen molar-refractivity contribution in [2.24, 2.45) is 0 Å². The van der Waals surface area contributed by atoms with Crippen molar-refractivity contribution in [2.45, 2.75) is 13.5 Å². The summed E-state index contributed by atoms with van der Waals surface area (Å²) in [5, 5.41) is 7.39. The standard InChI is InChI=1S/C21H23FN4/c1-16-6-8-17(9-7-16)21-18(14-23-24-21)15-25-10-12-26(13-11-25)20-5-3-2-4-19(20)22/h2-9,14H,10-13,15H2,1H3,(H,23,24). The number of piperazine rings is 1. The molecular formula is C21H23FN4. The van der Waals surface area contributed by atoms with Gasteiger partial charge in [-0.05, 0) is 24.6 Å². The number of rotatable bonds is 4. The van der Waals surface area contributed by atoms with Gasteiger partial charge in [0, 0.05) is 38.3 Å². The van der Waals surface area contributed by atoms with Crippen LogP contribution in [0.1, 0.15) is 11.1 Å². The molecule has 1 fully saturated rings. The lowest BCUT2D eigenvalue weighted by molar-refractivity contribution is 0.249. The third-order valence-electron chi connectivity index (χ3n) is 5.02. The van der Waals surface area contributed by atoms with Crippen LogP contribution in [0.15, 0.2) is 54.7 Å². The van der Waals surface area contributed by atoms with Crippen LogP contribution >= 0.6 is 0 Å². The Morgan fingerprint density at radius 1 is 1.00 bits per heavy atom. The lowest BCUT2D eigenvalue weighted by atomic mass is 10.1. The van der Waals surface area contributed by atoms with Crippen molar-refractivity contribution >= 4 is 5.69 Å². The van der Waals surface area contributed by atoms with Gasteiger partial charge in [0.25, 0.3) is 0 Å². The number of H-pyrrole nitrogens is 1. The van der Waals surface area contributed by atoms with Gasteiger partial charge in [-0.2, -0.15) is 5.10 Å². The van der Waals surface area contributed by atoms with Crippen LogP contribution in [0.2, 0.25) is 0 Å². The van der Waals surface area contributed by atoms with Crippen molar-refractivity contribution in [1.82, 2.24) is 15.1 Å². The minimum atomic E-state index is -0.141. The summed E-state index contributed by atoms with van der Waals surface area (Å²) < 4.78 is 14.0. The van der Waals surface area contributed by atoms with E-state index in [1.165, 1.54) is 17.2 Å². The molecule has 1 aliphatic heterocycles. The maximum absolute atomic E-state index is 14.0. The molecule has 0 spiro atoms. The van der Waals surface area contributed by atoms with Crippen molar-refractivity contribution in [3.63, 3.8) is 0 Å². The predicted octanol–water partition coefficient (Wildman–Crippen LogP) is 3.85. The molecule has 2 aromatic carbocycles. The van der Waals surface area contributed by atoms with E-state index >= 15 is 0 Å². The van der Waals surface area contributed by atoms with Gasteiger partial charge in [0.1, 0.15) is 5.82 Å². The molecule has 0 saturated carbocycles. The summed E-state index contributed by atoms with van der Waals surface area (Å²) in [5.74, 6) is -0.141. The van der Waals surface area contributed by atoms with Crippen LogP contribution in [0, 0.1) is 12.7 Å². The van der Waals surface area contributed by atoms with Crippen LogP contribution in [0.3, 0.4) is 0 Å². The topological polar surface area (TPSA) is 35.2 Å². The predicted molar refractivity (Wildman–Crippen MR) is 103 cm³/mol. The van der Waals surface area contributed by atoms with Gasteiger partial charge in [-0.15, -0.1) is 0 Å². The van der Waals surface area contributed by atoms with Gasteiger partial charge in [0.15, 0.2) is 0 Å². The Morgan fingerprint density at radius 3 is 2.46 bits per heavy atom. The molecule has 26 heavy (non-hydrogen) atoms. The molecule has 1 N–H and O–H groups in total. The third-order valence-corrected chi connectivity index (χ3v) is 5.02. The molecule has 1 aromatic heterocycles. The summed E-state index contributed by atoms with van der Waals surface area (Å²) in [6.45, 7) is 6.43. The molecule has 1 aliphatic rings. The lowest BCUT2D eigenvalue weighted by Gasteiger charge is -2.36. The second-order valence-electron chi connectivity index (χ2n) is 6.85. The molecule has 4 rings (SSSR count). The minimum Gasteiger partial charge on any atom is -0.367 e. The molecule has 0 bridgehead atoms. The highest BCUT2D eigenvalue weighted by molar-refractivity contribution is 5.62. The highest BCUT2D eigenvalue weighted by Crippen LogP contribution is 2.24. The van der Waals surface area contributed by atoms with E-state index in [4.69, 9.17) is 0 Å². The van der Waals surface area contributed by atoms with E-state index in [1.54, 1.807) is 6.07 Å². The summed E-state index contributed by atoms with van der Waals surface area (Å²) in [5.41, 5.74) is 5.40. The number of aromatic amines is 1. The van der Waals surface area contributed by atoms with Crippen molar-refractivity contribution in [2.75, 3.05) is 31.1 Å². The van der Waals surface area contributed by atoms with Crippen molar-refractivity contribution in [1.29, 1.82) is 0 Å². The summed E-state index contributed by atoms with van der Waals surface area (Å²) >= 11 is 0. The zero-order valence-electron chi connectivity index (χ0n) is 15.0. The first-order chi connectivity index (χ1) is 12.7. The number of nitrogens with zero attached hydrogens (tertiary/aromatic N) is 3. The van der Waals surface area contributed by atoms with Crippen molar-refractivity contribution in [3.05, 3.63) is 71.7 Å². The molecule has 4 nitrogen and oxygen atoms in total. The zero-order chi connectivity index (χ0) is 17.9. The normalized spacial score (nSPS) is 15.4. The van der Waals surface area contributed by atoms with Crippen molar-refractivity contribution < 1.29 is 4.39 Å². The van der Waals surface area contributed by atoms with Crippen LogP contribution < -0.4 is 4.90 Å². The average molecular weight is 350 g/mol. The van der Waals surface area contributed by atoms with E-state index in [0.29, 0.717) is 5.69 Å². The highest BCUT2D eigenvalue weighted by Gasteiger charge is 2.20. The Labute approximate surface area is 153 Å². The Balaban J connectivity index is 1.42. The smallest absolute Gasteiger partial charge is 0.146 e. The number of halogens is 1. The Hall–Kier alpha value is -2.66. The average Bonchev–Trinajstić information content (AvgIpc) is 3.12. The monoisotopic (exact) mass is 350 g/mol. The van der Waals surface area contributed by atoms with Gasteiger partial charge in [-0.3, -0.25) is 10.00 Å². The van der Waals surface area contributed by atoms with E-state index in [9.17, 15) is 4.39 Å². The number of benzene rings is 2. The molecular weight excluding hydrogens is 327 g/mol. The molecule has 5 heteroatoms. The van der Waals surface area contributed by atoms with E-state index in [-0.39, 0.29) is 5.82 Å². The highest BCUT2D eigenvalue weighted by atomic mass is 19.1. The second-order valence-corrected chi connectivity index (χ2v) is 6.85. The molecule has 0 unspecified atom stereocenters. The fourth-order valence-corrected chi connectivity index (χ4v) is 3.50. The number of hydrogen-bond donors (Lipinski definition) is 1.